The van der Waals surface area contributed by atoms with Gasteiger partial charge in [0.25, 0.3) is 5.91 Å². The smallest absolute Gasteiger partial charge is 0.409 e. The molecule has 0 radical (unpaired) electrons. The normalized spacial score (nSPS) is 15.0. The van der Waals surface area contributed by atoms with Gasteiger partial charge in [-0.2, -0.15) is 0 Å². The summed E-state index contributed by atoms with van der Waals surface area (Å²) in [6.07, 6.45) is 0.461. The summed E-state index contributed by atoms with van der Waals surface area (Å²) in [7, 11) is 0. The first kappa shape index (κ1) is 20.1. The first-order valence-corrected chi connectivity index (χ1v) is 9.36. The van der Waals surface area contributed by atoms with Crippen LogP contribution in [0, 0.1) is 12.8 Å². The summed E-state index contributed by atoms with van der Waals surface area (Å²) >= 11 is 0. The highest BCUT2D eigenvalue weighted by Gasteiger charge is 2.24. The molecule has 26 heavy (non-hydrogen) atoms. The zero-order chi connectivity index (χ0) is 19.1. The van der Waals surface area contributed by atoms with Crippen molar-refractivity contribution in [1.29, 1.82) is 0 Å². The lowest BCUT2D eigenvalue weighted by Crippen LogP contribution is -2.38. The Labute approximate surface area is 156 Å². The summed E-state index contributed by atoms with van der Waals surface area (Å²) in [5.41, 5.74) is 1.60. The molecule has 0 aliphatic carbocycles. The van der Waals surface area contributed by atoms with E-state index in [2.05, 4.69) is 0 Å². The maximum Gasteiger partial charge on any atom is 0.409 e. The summed E-state index contributed by atoms with van der Waals surface area (Å²) in [6.45, 7) is 11.2. The van der Waals surface area contributed by atoms with Crippen molar-refractivity contribution in [3.05, 3.63) is 29.3 Å². The summed E-state index contributed by atoms with van der Waals surface area (Å²) in [4.78, 5) is 28.5. The summed E-state index contributed by atoms with van der Waals surface area (Å²) < 4.78 is 10.8. The van der Waals surface area contributed by atoms with Crippen LogP contribution in [0.25, 0.3) is 0 Å². The van der Waals surface area contributed by atoms with Crippen molar-refractivity contribution in [2.45, 2.75) is 34.1 Å². The predicted molar refractivity (Wildman–Crippen MR) is 101 cm³/mol. The van der Waals surface area contributed by atoms with Crippen LogP contribution >= 0.6 is 0 Å². The van der Waals surface area contributed by atoms with E-state index in [1.165, 1.54) is 0 Å². The molecule has 0 saturated carbocycles. The van der Waals surface area contributed by atoms with Gasteiger partial charge in [-0.1, -0.05) is 13.8 Å². The zero-order valence-electron chi connectivity index (χ0n) is 16.3. The van der Waals surface area contributed by atoms with Crippen molar-refractivity contribution >= 4 is 12.0 Å². The maximum absolute atomic E-state index is 12.8. The molecular formula is C20H30N2O4. The van der Waals surface area contributed by atoms with Crippen LogP contribution in [0.15, 0.2) is 18.2 Å². The van der Waals surface area contributed by atoms with E-state index in [1.807, 2.05) is 44.7 Å². The van der Waals surface area contributed by atoms with E-state index >= 15 is 0 Å². The van der Waals surface area contributed by atoms with Crippen LogP contribution < -0.4 is 4.74 Å². The molecule has 0 N–H and O–H groups in total. The minimum Gasteiger partial charge on any atom is -0.494 e. The monoisotopic (exact) mass is 362 g/mol. The molecule has 2 rings (SSSR count). The highest BCUT2D eigenvalue weighted by molar-refractivity contribution is 5.94. The van der Waals surface area contributed by atoms with Crippen LogP contribution in [0.4, 0.5) is 4.79 Å². The topological polar surface area (TPSA) is 59.1 Å². The number of aryl methyl sites for hydroxylation is 1. The molecule has 6 heteroatoms. The lowest BCUT2D eigenvalue weighted by atomic mass is 10.1. The molecule has 1 saturated heterocycles. The van der Waals surface area contributed by atoms with Crippen LogP contribution in [0.5, 0.6) is 5.75 Å². The Morgan fingerprint density at radius 1 is 1.12 bits per heavy atom. The van der Waals surface area contributed by atoms with E-state index in [9.17, 15) is 9.59 Å². The maximum atomic E-state index is 12.8. The fourth-order valence-corrected chi connectivity index (χ4v) is 2.91. The highest BCUT2D eigenvalue weighted by atomic mass is 16.6. The largest absolute Gasteiger partial charge is 0.494 e. The Hall–Kier alpha value is -2.24. The third-order valence-electron chi connectivity index (χ3n) is 4.30. The predicted octanol–water partition coefficient (Wildman–Crippen LogP) is 3.33. The molecule has 0 spiro atoms. The van der Waals surface area contributed by atoms with Gasteiger partial charge in [0, 0.05) is 31.7 Å². The average molecular weight is 362 g/mol. The zero-order valence-corrected chi connectivity index (χ0v) is 16.3. The number of rotatable bonds is 5. The van der Waals surface area contributed by atoms with Gasteiger partial charge in [0.15, 0.2) is 0 Å². The Morgan fingerprint density at radius 2 is 1.81 bits per heavy atom. The van der Waals surface area contributed by atoms with E-state index < -0.39 is 0 Å². The molecule has 2 amide bonds. The molecule has 1 aromatic rings. The molecule has 0 bridgehead atoms. The van der Waals surface area contributed by atoms with Gasteiger partial charge in [-0.25, -0.2) is 4.79 Å². The van der Waals surface area contributed by atoms with E-state index in [1.54, 1.807) is 11.0 Å². The molecule has 1 aromatic carbocycles. The molecule has 0 aromatic heterocycles. The van der Waals surface area contributed by atoms with Gasteiger partial charge in [-0.05, 0) is 49.9 Å². The molecule has 0 atom stereocenters. The second kappa shape index (κ2) is 9.46. The number of benzene rings is 1. The second-order valence-corrected chi connectivity index (χ2v) is 7.02. The van der Waals surface area contributed by atoms with E-state index in [-0.39, 0.29) is 12.0 Å². The minimum absolute atomic E-state index is 0.00598. The van der Waals surface area contributed by atoms with Gasteiger partial charge < -0.3 is 19.3 Å². The summed E-state index contributed by atoms with van der Waals surface area (Å²) in [5.74, 6) is 1.11. The van der Waals surface area contributed by atoms with Crippen molar-refractivity contribution in [3.63, 3.8) is 0 Å². The molecule has 1 aliphatic heterocycles. The van der Waals surface area contributed by atoms with Gasteiger partial charge in [-0.15, -0.1) is 0 Å². The van der Waals surface area contributed by atoms with Crippen molar-refractivity contribution in [3.8, 4) is 5.75 Å². The third kappa shape index (κ3) is 5.38. The van der Waals surface area contributed by atoms with Crippen molar-refractivity contribution < 1.29 is 19.1 Å². The Morgan fingerprint density at radius 3 is 2.46 bits per heavy atom. The molecule has 0 unspecified atom stereocenters. The van der Waals surface area contributed by atoms with Crippen molar-refractivity contribution in [2.75, 3.05) is 39.4 Å². The Bertz CT molecular complexity index is 630. The quantitative estimate of drug-likeness (QED) is 0.806. The van der Waals surface area contributed by atoms with Crippen LogP contribution in [0.2, 0.25) is 0 Å². The number of carbonyl (C=O) groups excluding carboxylic acids is 2. The Kier molecular flexibility index (Phi) is 7.30. The Balaban J connectivity index is 1.96. The molecule has 1 heterocycles. The van der Waals surface area contributed by atoms with E-state index in [4.69, 9.17) is 9.47 Å². The van der Waals surface area contributed by atoms with Crippen molar-refractivity contribution in [1.82, 2.24) is 9.80 Å². The number of amides is 2. The number of carbonyl (C=O) groups is 2. The fourth-order valence-electron chi connectivity index (χ4n) is 2.91. The highest BCUT2D eigenvalue weighted by Crippen LogP contribution is 2.20. The van der Waals surface area contributed by atoms with Gasteiger partial charge in [0.2, 0.25) is 0 Å². The number of nitrogens with zero attached hydrogens (tertiary/aromatic N) is 2. The summed E-state index contributed by atoms with van der Waals surface area (Å²) in [5, 5.41) is 0. The number of hydrogen-bond acceptors (Lipinski definition) is 4. The molecule has 144 valence electrons. The van der Waals surface area contributed by atoms with Crippen molar-refractivity contribution in [2.24, 2.45) is 5.92 Å². The fraction of sp³-hybridized carbons (Fsp3) is 0.600. The minimum atomic E-state index is -0.287. The molecular weight excluding hydrogens is 332 g/mol. The number of ether oxygens (including phenoxy) is 2. The van der Waals surface area contributed by atoms with Gasteiger partial charge >= 0.3 is 6.09 Å². The molecule has 1 aliphatic rings. The molecule has 1 fully saturated rings. The third-order valence-corrected chi connectivity index (χ3v) is 4.30. The lowest BCUT2D eigenvalue weighted by molar-refractivity contribution is 0.0746. The first-order chi connectivity index (χ1) is 12.4. The molecule has 6 nitrogen and oxygen atoms in total. The SMILES string of the molecule is CCOc1ccc(C(=O)N2CCCN(C(=O)OCC(C)C)CC2)cc1C. The summed E-state index contributed by atoms with van der Waals surface area (Å²) in [6, 6.07) is 5.52. The van der Waals surface area contributed by atoms with Gasteiger partial charge in [0.1, 0.15) is 5.75 Å². The van der Waals surface area contributed by atoms with Crippen LogP contribution in [-0.2, 0) is 4.74 Å². The lowest BCUT2D eigenvalue weighted by Gasteiger charge is -2.22. The average Bonchev–Trinajstić information content (AvgIpc) is 2.87. The van der Waals surface area contributed by atoms with E-state index in [0.29, 0.717) is 50.9 Å². The van der Waals surface area contributed by atoms with E-state index in [0.717, 1.165) is 17.7 Å². The van der Waals surface area contributed by atoms with Crippen LogP contribution in [-0.4, -0.2) is 61.2 Å². The van der Waals surface area contributed by atoms with Crippen LogP contribution in [0.3, 0.4) is 0 Å². The van der Waals surface area contributed by atoms with Crippen LogP contribution in [0.1, 0.15) is 43.1 Å². The number of hydrogen-bond donors (Lipinski definition) is 0. The second-order valence-electron chi connectivity index (χ2n) is 7.02. The van der Waals surface area contributed by atoms with Gasteiger partial charge in [-0.3, -0.25) is 4.79 Å². The first-order valence-electron chi connectivity index (χ1n) is 9.36. The van der Waals surface area contributed by atoms with Gasteiger partial charge in [0.05, 0.1) is 13.2 Å². The standard InChI is InChI=1S/C20H30N2O4/c1-5-25-18-8-7-17(13-16(18)4)19(23)21-9-6-10-22(12-11-21)20(24)26-14-15(2)3/h7-8,13,15H,5-6,9-12,14H2,1-4H3.